The van der Waals surface area contributed by atoms with Crippen molar-refractivity contribution in [2.75, 3.05) is 31.6 Å². The molecule has 0 aromatic heterocycles. The average molecular weight is 270 g/mol. The molecule has 104 valence electrons. The van der Waals surface area contributed by atoms with E-state index in [0.29, 0.717) is 11.8 Å². The molecule has 18 heavy (non-hydrogen) atoms. The van der Waals surface area contributed by atoms with Crippen molar-refractivity contribution in [1.82, 2.24) is 10.2 Å². The minimum absolute atomic E-state index is 0.0405. The third-order valence-corrected chi connectivity index (χ3v) is 5.51. The summed E-state index contributed by atoms with van der Waals surface area (Å²) in [6.45, 7) is 4.20. The summed E-state index contributed by atoms with van der Waals surface area (Å²) in [7, 11) is 1.91. The maximum absolute atomic E-state index is 12.5. The molecule has 1 amide bonds. The zero-order valence-corrected chi connectivity index (χ0v) is 12.5. The van der Waals surface area contributed by atoms with Crippen molar-refractivity contribution in [3.05, 3.63) is 0 Å². The first-order valence-corrected chi connectivity index (χ1v) is 8.40. The summed E-state index contributed by atoms with van der Waals surface area (Å²) in [5.41, 5.74) is 0. The number of carbonyl (C=O) groups is 1. The molecule has 3 atom stereocenters. The Morgan fingerprint density at radius 3 is 2.94 bits per heavy atom. The van der Waals surface area contributed by atoms with Crippen LogP contribution in [-0.2, 0) is 4.79 Å². The molecule has 2 aliphatic heterocycles. The highest BCUT2D eigenvalue weighted by molar-refractivity contribution is 7.99. The van der Waals surface area contributed by atoms with Gasteiger partial charge < -0.3 is 10.2 Å². The van der Waals surface area contributed by atoms with E-state index in [-0.39, 0.29) is 6.04 Å². The van der Waals surface area contributed by atoms with Crippen LogP contribution in [0.15, 0.2) is 0 Å². The van der Waals surface area contributed by atoms with Crippen molar-refractivity contribution in [2.24, 2.45) is 11.8 Å². The van der Waals surface area contributed by atoms with E-state index in [2.05, 4.69) is 28.9 Å². The summed E-state index contributed by atoms with van der Waals surface area (Å²) in [4.78, 5) is 14.6. The van der Waals surface area contributed by atoms with Crippen LogP contribution in [0.4, 0.5) is 0 Å². The Hall–Kier alpha value is -0.220. The fourth-order valence-electron chi connectivity index (χ4n) is 3.01. The second-order valence-electron chi connectivity index (χ2n) is 5.84. The molecule has 2 rings (SSSR count). The number of rotatable bonds is 3. The fraction of sp³-hybridized carbons (Fsp3) is 0.929. The lowest BCUT2D eigenvalue weighted by atomic mass is 10.0. The monoisotopic (exact) mass is 270 g/mol. The van der Waals surface area contributed by atoms with E-state index in [1.165, 1.54) is 24.3 Å². The van der Waals surface area contributed by atoms with E-state index in [9.17, 15) is 4.79 Å². The van der Waals surface area contributed by atoms with Gasteiger partial charge in [0.1, 0.15) is 0 Å². The third kappa shape index (κ3) is 3.64. The average Bonchev–Trinajstić information content (AvgIpc) is 2.53. The van der Waals surface area contributed by atoms with Crippen LogP contribution in [0.3, 0.4) is 0 Å². The molecule has 0 aromatic carbocycles. The number of nitrogens with zero attached hydrogens (tertiary/aromatic N) is 1. The molecule has 1 N–H and O–H groups in total. The van der Waals surface area contributed by atoms with Gasteiger partial charge >= 0.3 is 0 Å². The van der Waals surface area contributed by atoms with Crippen molar-refractivity contribution in [3.63, 3.8) is 0 Å². The van der Waals surface area contributed by atoms with Crippen molar-refractivity contribution < 1.29 is 4.79 Å². The number of hydrogen-bond donors (Lipinski definition) is 1. The molecule has 2 aliphatic rings. The van der Waals surface area contributed by atoms with Crippen LogP contribution in [0.25, 0.3) is 0 Å². The standard InChI is InChI=1S/C14H26N2OS/c1-11-5-6-16(14(17)13(8-11)15-2)9-12-4-3-7-18-10-12/h11-13,15H,3-10H2,1-2H3. The minimum Gasteiger partial charge on any atom is -0.341 e. The topological polar surface area (TPSA) is 32.3 Å². The molecular weight excluding hydrogens is 244 g/mol. The molecule has 2 fully saturated rings. The van der Waals surface area contributed by atoms with Gasteiger partial charge in [-0.15, -0.1) is 0 Å². The number of likely N-dealkylation sites (tertiary alicyclic amines) is 1. The smallest absolute Gasteiger partial charge is 0.239 e. The lowest BCUT2D eigenvalue weighted by molar-refractivity contribution is -0.133. The maximum Gasteiger partial charge on any atom is 0.239 e. The Morgan fingerprint density at radius 1 is 1.44 bits per heavy atom. The zero-order chi connectivity index (χ0) is 13.0. The van der Waals surface area contributed by atoms with Gasteiger partial charge in [0.25, 0.3) is 0 Å². The SMILES string of the molecule is CNC1CC(C)CCN(CC2CCCSC2)C1=O. The van der Waals surface area contributed by atoms with Gasteiger partial charge in [-0.1, -0.05) is 6.92 Å². The van der Waals surface area contributed by atoms with Crippen molar-refractivity contribution in [1.29, 1.82) is 0 Å². The highest BCUT2D eigenvalue weighted by Crippen LogP contribution is 2.25. The lowest BCUT2D eigenvalue weighted by Crippen LogP contribution is -2.46. The van der Waals surface area contributed by atoms with Crippen LogP contribution in [0, 0.1) is 11.8 Å². The normalized spacial score (nSPS) is 34.4. The second-order valence-corrected chi connectivity index (χ2v) is 6.99. The zero-order valence-electron chi connectivity index (χ0n) is 11.7. The van der Waals surface area contributed by atoms with Gasteiger partial charge in [0.15, 0.2) is 0 Å². The summed E-state index contributed by atoms with van der Waals surface area (Å²) in [5, 5.41) is 3.19. The first kappa shape index (κ1) is 14.2. The molecule has 3 nitrogen and oxygen atoms in total. The summed E-state index contributed by atoms with van der Waals surface area (Å²) in [6.07, 6.45) is 4.77. The first-order chi connectivity index (χ1) is 8.70. The van der Waals surface area contributed by atoms with Crippen LogP contribution in [-0.4, -0.2) is 48.5 Å². The Kier molecular flexibility index (Phi) is 5.37. The van der Waals surface area contributed by atoms with Gasteiger partial charge in [-0.3, -0.25) is 4.79 Å². The maximum atomic E-state index is 12.5. The molecule has 3 unspecified atom stereocenters. The van der Waals surface area contributed by atoms with Crippen LogP contribution in [0.2, 0.25) is 0 Å². The second kappa shape index (κ2) is 6.80. The van der Waals surface area contributed by atoms with Crippen LogP contribution >= 0.6 is 11.8 Å². The van der Waals surface area contributed by atoms with Crippen LogP contribution in [0.5, 0.6) is 0 Å². The van der Waals surface area contributed by atoms with E-state index in [0.717, 1.165) is 31.8 Å². The molecular formula is C14H26N2OS. The molecule has 0 aromatic rings. The number of hydrogen-bond acceptors (Lipinski definition) is 3. The molecule has 0 bridgehead atoms. The number of amides is 1. The molecule has 4 heteroatoms. The lowest BCUT2D eigenvalue weighted by Gasteiger charge is -2.30. The molecule has 0 spiro atoms. The molecule has 0 saturated carbocycles. The van der Waals surface area contributed by atoms with Gasteiger partial charge in [0.05, 0.1) is 6.04 Å². The summed E-state index contributed by atoms with van der Waals surface area (Å²) < 4.78 is 0. The van der Waals surface area contributed by atoms with Crippen molar-refractivity contribution >= 4 is 17.7 Å². The molecule has 2 heterocycles. The van der Waals surface area contributed by atoms with Gasteiger partial charge in [-0.25, -0.2) is 0 Å². The van der Waals surface area contributed by atoms with Gasteiger partial charge in [0, 0.05) is 13.1 Å². The van der Waals surface area contributed by atoms with Crippen LogP contribution < -0.4 is 5.32 Å². The number of nitrogens with one attached hydrogen (secondary N) is 1. The predicted molar refractivity (Wildman–Crippen MR) is 77.9 cm³/mol. The molecule has 2 saturated heterocycles. The van der Waals surface area contributed by atoms with Crippen molar-refractivity contribution in [2.45, 2.75) is 38.6 Å². The Labute approximate surface area is 115 Å². The van der Waals surface area contributed by atoms with E-state index in [1.54, 1.807) is 0 Å². The quantitative estimate of drug-likeness (QED) is 0.851. The van der Waals surface area contributed by atoms with Gasteiger partial charge in [-0.05, 0) is 56.1 Å². The third-order valence-electron chi connectivity index (χ3n) is 4.22. The number of likely N-dealkylation sites (N-methyl/N-ethyl adjacent to an activating group) is 1. The Balaban J connectivity index is 1.94. The highest BCUT2D eigenvalue weighted by atomic mass is 32.2. The summed E-state index contributed by atoms with van der Waals surface area (Å²) >= 11 is 2.05. The summed E-state index contributed by atoms with van der Waals surface area (Å²) in [5.74, 6) is 4.25. The van der Waals surface area contributed by atoms with Crippen LogP contribution in [0.1, 0.15) is 32.6 Å². The van der Waals surface area contributed by atoms with Gasteiger partial charge in [0.2, 0.25) is 5.91 Å². The Morgan fingerprint density at radius 2 is 2.28 bits per heavy atom. The largest absolute Gasteiger partial charge is 0.341 e. The predicted octanol–water partition coefficient (Wildman–Crippen LogP) is 1.98. The van der Waals surface area contributed by atoms with Gasteiger partial charge in [-0.2, -0.15) is 11.8 Å². The van der Waals surface area contributed by atoms with E-state index in [4.69, 9.17) is 0 Å². The van der Waals surface area contributed by atoms with E-state index < -0.39 is 0 Å². The highest BCUT2D eigenvalue weighted by Gasteiger charge is 2.30. The minimum atomic E-state index is 0.0405. The molecule has 0 aliphatic carbocycles. The number of carbonyl (C=O) groups excluding carboxylic acids is 1. The fourth-order valence-corrected chi connectivity index (χ4v) is 4.16. The van der Waals surface area contributed by atoms with Crippen molar-refractivity contribution in [3.8, 4) is 0 Å². The first-order valence-electron chi connectivity index (χ1n) is 7.24. The Bertz CT molecular complexity index is 279. The summed E-state index contributed by atoms with van der Waals surface area (Å²) in [6, 6.07) is 0.0405. The van der Waals surface area contributed by atoms with E-state index in [1.807, 2.05) is 7.05 Å². The van der Waals surface area contributed by atoms with E-state index >= 15 is 0 Å². The number of thioether (sulfide) groups is 1. The molecule has 0 radical (unpaired) electrons.